The summed E-state index contributed by atoms with van der Waals surface area (Å²) in [6.45, 7) is 12.5. The summed E-state index contributed by atoms with van der Waals surface area (Å²) in [4.78, 5) is 0.343. The van der Waals surface area contributed by atoms with Gasteiger partial charge in [-0.25, -0.2) is 8.42 Å². The van der Waals surface area contributed by atoms with Crippen molar-refractivity contribution in [1.29, 1.82) is 0 Å². The Morgan fingerprint density at radius 2 is 1.12 bits per heavy atom. The monoisotopic (exact) mass is 462 g/mol. The third-order valence-corrected chi connectivity index (χ3v) is 7.30. The molecule has 0 fully saturated rings. The predicted octanol–water partition coefficient (Wildman–Crippen LogP) is 5.97. The second-order valence-electron chi connectivity index (χ2n) is 10.9. The fraction of sp³-hybridized carbons (Fsp3) is 0.321. The Balaban J connectivity index is 2.28. The lowest BCUT2D eigenvalue weighted by Crippen LogP contribution is -2.35. The van der Waals surface area contributed by atoms with E-state index in [1.54, 1.807) is 0 Å². The van der Waals surface area contributed by atoms with Gasteiger partial charge in [-0.1, -0.05) is 65.8 Å². The lowest BCUT2D eigenvalue weighted by Gasteiger charge is -2.27. The first-order valence-electron chi connectivity index (χ1n) is 11.1. The second kappa shape index (κ2) is 7.56. The number of para-hydroxylation sites is 2. The van der Waals surface area contributed by atoms with Gasteiger partial charge in [-0.05, 0) is 23.0 Å². The standard InChI is InChI=1S/C28H31NO3S/c1-27(2,3)21-16-18(17-22(25(21)30)28(4,5)6)29-23-14-10-8-12-19(23)26(33(7,31)32)20-13-9-11-15-24(20)29/h8-17H,1-7H3/p+1. The number of aromatic hydroxyl groups is 1. The minimum atomic E-state index is -3.48. The smallest absolute Gasteiger partial charge is 0.220 e. The van der Waals surface area contributed by atoms with Gasteiger partial charge in [-0.3, -0.25) is 0 Å². The minimum Gasteiger partial charge on any atom is -0.507 e. The molecule has 0 atom stereocenters. The van der Waals surface area contributed by atoms with Gasteiger partial charge in [0.05, 0.1) is 15.7 Å². The Kier molecular flexibility index (Phi) is 5.32. The number of benzene rings is 3. The molecule has 0 radical (unpaired) electrons. The molecular formula is C28H32NO3S+. The lowest BCUT2D eigenvalue weighted by molar-refractivity contribution is -0.538. The first kappa shape index (κ1) is 23.2. The molecule has 1 heterocycles. The van der Waals surface area contributed by atoms with E-state index in [0.717, 1.165) is 27.8 Å². The van der Waals surface area contributed by atoms with Gasteiger partial charge in [-0.2, -0.15) is 4.57 Å². The Morgan fingerprint density at radius 3 is 1.48 bits per heavy atom. The van der Waals surface area contributed by atoms with Crippen molar-refractivity contribution in [2.24, 2.45) is 0 Å². The van der Waals surface area contributed by atoms with Gasteiger partial charge in [0.2, 0.25) is 16.7 Å². The van der Waals surface area contributed by atoms with Crippen LogP contribution in [0.4, 0.5) is 0 Å². The van der Waals surface area contributed by atoms with Crippen molar-refractivity contribution in [3.8, 4) is 11.4 Å². The zero-order valence-electron chi connectivity index (χ0n) is 20.4. The minimum absolute atomic E-state index is 0.279. The maximum atomic E-state index is 12.9. The number of hydrogen-bond acceptors (Lipinski definition) is 3. The molecule has 172 valence electrons. The van der Waals surface area contributed by atoms with E-state index in [1.165, 1.54) is 6.26 Å². The van der Waals surface area contributed by atoms with Gasteiger partial charge >= 0.3 is 0 Å². The molecule has 0 aliphatic heterocycles. The number of sulfone groups is 1. The Bertz CT molecular complexity index is 1410. The molecule has 4 rings (SSSR count). The molecule has 1 N–H and O–H groups in total. The summed E-state index contributed by atoms with van der Waals surface area (Å²) in [5, 5.41) is 12.6. The van der Waals surface area contributed by atoms with Gasteiger partial charge in [0.15, 0.2) is 9.84 Å². The fourth-order valence-corrected chi connectivity index (χ4v) is 5.71. The Morgan fingerprint density at radius 1 is 0.727 bits per heavy atom. The molecule has 0 bridgehead atoms. The van der Waals surface area contributed by atoms with Gasteiger partial charge in [0.1, 0.15) is 5.75 Å². The van der Waals surface area contributed by atoms with E-state index in [4.69, 9.17) is 0 Å². The van der Waals surface area contributed by atoms with Crippen LogP contribution in [0.3, 0.4) is 0 Å². The third-order valence-electron chi connectivity index (χ3n) is 6.12. The number of pyridine rings is 1. The first-order chi connectivity index (χ1) is 15.2. The summed E-state index contributed by atoms with van der Waals surface area (Å²) < 4.78 is 27.9. The van der Waals surface area contributed by atoms with Crippen molar-refractivity contribution >= 4 is 31.6 Å². The maximum absolute atomic E-state index is 12.9. The number of rotatable bonds is 2. The zero-order chi connectivity index (χ0) is 24.3. The average molecular weight is 463 g/mol. The van der Waals surface area contributed by atoms with Crippen molar-refractivity contribution < 1.29 is 18.1 Å². The molecule has 0 amide bonds. The van der Waals surface area contributed by atoms with E-state index in [2.05, 4.69) is 46.1 Å². The molecule has 33 heavy (non-hydrogen) atoms. The summed E-state index contributed by atoms with van der Waals surface area (Å²) in [6, 6.07) is 19.3. The van der Waals surface area contributed by atoms with Crippen LogP contribution >= 0.6 is 0 Å². The molecule has 0 saturated carbocycles. The van der Waals surface area contributed by atoms with Crippen molar-refractivity contribution in [3.05, 3.63) is 71.8 Å². The number of aromatic nitrogens is 1. The quantitative estimate of drug-likeness (QED) is 0.295. The molecular weight excluding hydrogens is 430 g/mol. The highest BCUT2D eigenvalue weighted by atomic mass is 32.2. The molecule has 1 aromatic heterocycles. The SMILES string of the molecule is CC(C)(C)c1cc(-[n+]2c3ccccc3c(S(C)(=O)=O)c3ccccc32)cc(C(C)(C)C)c1O. The Hall–Kier alpha value is -2.92. The maximum Gasteiger partial charge on any atom is 0.220 e. The van der Waals surface area contributed by atoms with Crippen LogP contribution in [-0.2, 0) is 20.7 Å². The number of nitrogens with zero attached hydrogens (tertiary/aromatic N) is 1. The van der Waals surface area contributed by atoms with E-state index >= 15 is 0 Å². The van der Waals surface area contributed by atoms with Crippen LogP contribution in [0.25, 0.3) is 27.5 Å². The lowest BCUT2D eigenvalue weighted by atomic mass is 9.79. The Labute approximate surface area is 196 Å². The largest absolute Gasteiger partial charge is 0.507 e. The van der Waals surface area contributed by atoms with Gasteiger partial charge < -0.3 is 5.11 Å². The van der Waals surface area contributed by atoms with Crippen LogP contribution < -0.4 is 4.57 Å². The van der Waals surface area contributed by atoms with Crippen molar-refractivity contribution in [2.45, 2.75) is 57.3 Å². The van der Waals surface area contributed by atoms with Crippen LogP contribution in [0.2, 0.25) is 0 Å². The van der Waals surface area contributed by atoms with E-state index in [1.807, 2.05) is 60.7 Å². The normalized spacial score (nSPS) is 13.1. The van der Waals surface area contributed by atoms with Crippen LogP contribution in [0.1, 0.15) is 52.7 Å². The number of hydrogen-bond donors (Lipinski definition) is 1. The second-order valence-corrected chi connectivity index (χ2v) is 12.8. The fourth-order valence-electron chi connectivity index (χ4n) is 4.57. The third kappa shape index (κ3) is 3.99. The molecule has 4 nitrogen and oxygen atoms in total. The molecule has 0 spiro atoms. The molecule has 0 aliphatic carbocycles. The van der Waals surface area contributed by atoms with Gasteiger partial charge in [0, 0.05) is 41.6 Å². The molecule has 0 aliphatic rings. The molecule has 3 aromatic carbocycles. The molecule has 0 unspecified atom stereocenters. The summed E-state index contributed by atoms with van der Waals surface area (Å²) >= 11 is 0. The van der Waals surface area contributed by atoms with E-state index in [-0.39, 0.29) is 10.8 Å². The first-order valence-corrected chi connectivity index (χ1v) is 13.0. The predicted molar refractivity (Wildman–Crippen MR) is 135 cm³/mol. The number of phenols is 1. The highest BCUT2D eigenvalue weighted by molar-refractivity contribution is 7.91. The van der Waals surface area contributed by atoms with Gasteiger partial charge in [-0.15, -0.1) is 0 Å². The summed E-state index contributed by atoms with van der Waals surface area (Å²) in [6.07, 6.45) is 1.27. The highest BCUT2D eigenvalue weighted by Gasteiger charge is 2.32. The topological polar surface area (TPSA) is 58.2 Å². The number of fused-ring (bicyclic) bond motifs is 2. The van der Waals surface area contributed by atoms with Crippen molar-refractivity contribution in [1.82, 2.24) is 0 Å². The summed E-state index contributed by atoms with van der Waals surface area (Å²) in [7, 11) is -3.48. The van der Waals surface area contributed by atoms with E-state index in [9.17, 15) is 13.5 Å². The molecule has 0 saturated heterocycles. The zero-order valence-corrected chi connectivity index (χ0v) is 21.2. The van der Waals surface area contributed by atoms with Crippen LogP contribution in [0.15, 0.2) is 65.6 Å². The summed E-state index contributed by atoms with van der Waals surface area (Å²) in [5.74, 6) is 0.320. The van der Waals surface area contributed by atoms with Crippen molar-refractivity contribution in [3.63, 3.8) is 0 Å². The average Bonchev–Trinajstić information content (AvgIpc) is 2.69. The van der Waals surface area contributed by atoms with Crippen LogP contribution in [0, 0.1) is 0 Å². The van der Waals surface area contributed by atoms with Crippen molar-refractivity contribution in [2.75, 3.05) is 6.26 Å². The highest BCUT2D eigenvalue weighted by Crippen LogP contribution is 2.40. The van der Waals surface area contributed by atoms with Crippen LogP contribution in [0.5, 0.6) is 5.75 Å². The van der Waals surface area contributed by atoms with E-state index < -0.39 is 9.84 Å². The van der Waals surface area contributed by atoms with E-state index in [0.29, 0.717) is 21.4 Å². The molecule has 4 aromatic rings. The molecule has 5 heteroatoms. The summed E-state index contributed by atoms with van der Waals surface area (Å²) in [5.41, 5.74) is 3.67. The van der Waals surface area contributed by atoms with Crippen LogP contribution in [-0.4, -0.2) is 19.8 Å². The number of phenolic OH excluding ortho intramolecular Hbond substituents is 1. The van der Waals surface area contributed by atoms with Gasteiger partial charge in [0.25, 0.3) is 0 Å².